The topological polar surface area (TPSA) is 80.3 Å². The number of nitrogens with one attached hydrogen (secondary N) is 2. The molecule has 6 nitrogen and oxygen atoms in total. The van der Waals surface area contributed by atoms with Crippen molar-refractivity contribution in [3.8, 4) is 5.75 Å². The van der Waals surface area contributed by atoms with Crippen LogP contribution in [-0.2, 0) is 16.0 Å². The number of carbonyl (C=O) groups excluding carboxylic acids is 2. The normalized spacial score (nSPS) is 10.0. The van der Waals surface area contributed by atoms with Gasteiger partial charge in [0.2, 0.25) is 0 Å². The first-order valence-corrected chi connectivity index (χ1v) is 7.29. The summed E-state index contributed by atoms with van der Waals surface area (Å²) in [6.07, 6.45) is 3.46. The molecule has 0 aliphatic carbocycles. The summed E-state index contributed by atoms with van der Waals surface area (Å²) in [6.45, 7) is 0.354. The highest BCUT2D eigenvalue weighted by molar-refractivity contribution is 6.39. The van der Waals surface area contributed by atoms with Gasteiger partial charge in [0.05, 0.1) is 24.0 Å². The van der Waals surface area contributed by atoms with Crippen LogP contribution in [0, 0.1) is 0 Å². The maximum absolute atomic E-state index is 11.7. The average Bonchev–Trinajstić information content (AvgIpc) is 2.55. The monoisotopic (exact) mass is 333 g/mol. The Labute approximate surface area is 138 Å². The van der Waals surface area contributed by atoms with Gasteiger partial charge < -0.3 is 15.4 Å². The Hall–Kier alpha value is -2.60. The average molecular weight is 334 g/mol. The zero-order valence-electron chi connectivity index (χ0n) is 12.5. The summed E-state index contributed by atoms with van der Waals surface area (Å²) in [5, 5.41) is 5.37. The Morgan fingerprint density at radius 1 is 1.17 bits per heavy atom. The molecule has 0 spiro atoms. The quantitative estimate of drug-likeness (QED) is 0.821. The van der Waals surface area contributed by atoms with Crippen LogP contribution >= 0.6 is 11.6 Å². The van der Waals surface area contributed by atoms with Gasteiger partial charge in [-0.3, -0.25) is 14.6 Å². The van der Waals surface area contributed by atoms with Crippen molar-refractivity contribution in [1.29, 1.82) is 0 Å². The van der Waals surface area contributed by atoms with Crippen LogP contribution in [0.15, 0.2) is 42.7 Å². The van der Waals surface area contributed by atoms with Crippen LogP contribution in [0.2, 0.25) is 5.02 Å². The number of nitrogens with zero attached hydrogens (tertiary/aromatic N) is 1. The fourth-order valence-corrected chi connectivity index (χ4v) is 2.03. The lowest BCUT2D eigenvalue weighted by atomic mass is 10.1. The molecule has 0 bridgehead atoms. The molecule has 120 valence electrons. The van der Waals surface area contributed by atoms with Gasteiger partial charge in [-0.25, -0.2) is 0 Å². The number of hydrogen-bond donors (Lipinski definition) is 2. The SMILES string of the molecule is COc1ccc(CCNC(=O)C(=O)Nc2cncc(Cl)c2)cc1. The van der Waals surface area contributed by atoms with Gasteiger partial charge in [-0.2, -0.15) is 0 Å². The first kappa shape index (κ1) is 16.8. The van der Waals surface area contributed by atoms with Crippen LogP contribution in [0.25, 0.3) is 0 Å². The second-order valence-electron chi connectivity index (χ2n) is 4.70. The zero-order valence-corrected chi connectivity index (χ0v) is 13.3. The Morgan fingerprint density at radius 3 is 2.57 bits per heavy atom. The highest BCUT2D eigenvalue weighted by Gasteiger charge is 2.13. The van der Waals surface area contributed by atoms with Crippen LogP contribution in [0.5, 0.6) is 5.75 Å². The van der Waals surface area contributed by atoms with E-state index in [2.05, 4.69) is 15.6 Å². The molecule has 1 aromatic carbocycles. The third-order valence-corrected chi connectivity index (χ3v) is 3.23. The summed E-state index contributed by atoms with van der Waals surface area (Å²) in [4.78, 5) is 27.3. The summed E-state index contributed by atoms with van der Waals surface area (Å²) in [7, 11) is 1.60. The number of aromatic nitrogens is 1. The second-order valence-corrected chi connectivity index (χ2v) is 5.14. The number of methoxy groups -OCH3 is 1. The highest BCUT2D eigenvalue weighted by Crippen LogP contribution is 2.13. The number of halogens is 1. The van der Waals surface area contributed by atoms with Crippen molar-refractivity contribution in [3.63, 3.8) is 0 Å². The fourth-order valence-electron chi connectivity index (χ4n) is 1.86. The molecule has 0 atom stereocenters. The molecule has 0 fully saturated rings. The van der Waals surface area contributed by atoms with Gasteiger partial charge >= 0.3 is 11.8 Å². The van der Waals surface area contributed by atoms with Gasteiger partial charge in [0, 0.05) is 12.7 Å². The van der Waals surface area contributed by atoms with Crippen LogP contribution in [-0.4, -0.2) is 30.5 Å². The summed E-state index contributed by atoms with van der Waals surface area (Å²) < 4.78 is 5.07. The standard InChI is InChI=1S/C16H16ClN3O3/c1-23-14-4-2-11(3-5-14)6-7-19-15(21)16(22)20-13-8-12(17)9-18-10-13/h2-5,8-10H,6-7H2,1H3,(H,19,21)(H,20,22). The lowest BCUT2D eigenvalue weighted by Gasteiger charge is -2.07. The van der Waals surface area contributed by atoms with Gasteiger partial charge in [-0.05, 0) is 30.2 Å². The largest absolute Gasteiger partial charge is 0.497 e. The Balaban J connectivity index is 1.78. The van der Waals surface area contributed by atoms with Gasteiger partial charge in [-0.1, -0.05) is 23.7 Å². The molecule has 2 aromatic rings. The first-order chi connectivity index (χ1) is 11.1. The molecule has 23 heavy (non-hydrogen) atoms. The van der Waals surface area contributed by atoms with E-state index in [9.17, 15) is 9.59 Å². The van der Waals surface area contributed by atoms with Crippen molar-refractivity contribution in [2.75, 3.05) is 19.0 Å². The minimum atomic E-state index is -0.760. The number of anilines is 1. The molecule has 1 heterocycles. The van der Waals surface area contributed by atoms with E-state index >= 15 is 0 Å². The highest BCUT2D eigenvalue weighted by atomic mass is 35.5. The molecule has 0 unspecified atom stereocenters. The maximum atomic E-state index is 11.7. The van der Waals surface area contributed by atoms with E-state index in [0.29, 0.717) is 23.7 Å². The molecule has 2 N–H and O–H groups in total. The van der Waals surface area contributed by atoms with E-state index in [0.717, 1.165) is 11.3 Å². The molecule has 0 saturated heterocycles. The van der Waals surface area contributed by atoms with Crippen LogP contribution in [0.1, 0.15) is 5.56 Å². The molecule has 0 aliphatic rings. The summed E-state index contributed by atoms with van der Waals surface area (Å²) in [5.74, 6) is -0.699. The van der Waals surface area contributed by atoms with E-state index < -0.39 is 11.8 Å². The minimum absolute atomic E-state index is 0.354. The molecule has 0 aliphatic heterocycles. The molecule has 1 aromatic heterocycles. The van der Waals surface area contributed by atoms with E-state index in [1.807, 2.05) is 24.3 Å². The Morgan fingerprint density at radius 2 is 1.91 bits per heavy atom. The number of amides is 2. The smallest absolute Gasteiger partial charge is 0.313 e. The predicted molar refractivity (Wildman–Crippen MR) is 87.6 cm³/mol. The molecule has 2 rings (SSSR count). The second kappa shape index (κ2) is 8.14. The number of benzene rings is 1. The van der Waals surface area contributed by atoms with Crippen LogP contribution in [0.3, 0.4) is 0 Å². The summed E-state index contributed by atoms with van der Waals surface area (Å²) in [6, 6.07) is 9.01. The van der Waals surface area contributed by atoms with Crippen molar-refractivity contribution < 1.29 is 14.3 Å². The number of ether oxygens (including phenoxy) is 1. The molecular formula is C16H16ClN3O3. The van der Waals surface area contributed by atoms with Crippen molar-refractivity contribution >= 4 is 29.1 Å². The fraction of sp³-hybridized carbons (Fsp3) is 0.188. The number of rotatable bonds is 5. The van der Waals surface area contributed by atoms with E-state index in [4.69, 9.17) is 16.3 Å². The van der Waals surface area contributed by atoms with Gasteiger partial charge in [0.15, 0.2) is 0 Å². The van der Waals surface area contributed by atoms with E-state index in [1.165, 1.54) is 18.5 Å². The lowest BCUT2D eigenvalue weighted by Crippen LogP contribution is -2.36. The first-order valence-electron chi connectivity index (χ1n) is 6.91. The summed E-state index contributed by atoms with van der Waals surface area (Å²) in [5.41, 5.74) is 1.40. The van der Waals surface area contributed by atoms with Crippen molar-refractivity contribution in [2.24, 2.45) is 0 Å². The minimum Gasteiger partial charge on any atom is -0.497 e. The summed E-state index contributed by atoms with van der Waals surface area (Å²) >= 11 is 5.76. The van der Waals surface area contributed by atoms with Crippen LogP contribution < -0.4 is 15.4 Å². The molecule has 0 saturated carbocycles. The molecule has 2 amide bonds. The van der Waals surface area contributed by atoms with Crippen molar-refractivity contribution in [3.05, 3.63) is 53.3 Å². The van der Waals surface area contributed by atoms with Gasteiger partial charge in [0.1, 0.15) is 5.75 Å². The third-order valence-electron chi connectivity index (χ3n) is 3.03. The van der Waals surface area contributed by atoms with Crippen molar-refractivity contribution in [2.45, 2.75) is 6.42 Å². The van der Waals surface area contributed by atoms with Gasteiger partial charge in [0.25, 0.3) is 0 Å². The number of hydrogen-bond acceptors (Lipinski definition) is 4. The third kappa shape index (κ3) is 5.27. The van der Waals surface area contributed by atoms with E-state index in [1.54, 1.807) is 7.11 Å². The number of carbonyl (C=O) groups is 2. The van der Waals surface area contributed by atoms with Crippen molar-refractivity contribution in [1.82, 2.24) is 10.3 Å². The Kier molecular flexibility index (Phi) is 5.94. The molecular weight excluding hydrogens is 318 g/mol. The predicted octanol–water partition coefficient (Wildman–Crippen LogP) is 2.04. The maximum Gasteiger partial charge on any atom is 0.313 e. The Bertz CT molecular complexity index is 689. The molecule has 0 radical (unpaired) electrons. The van der Waals surface area contributed by atoms with Gasteiger partial charge in [-0.15, -0.1) is 0 Å². The van der Waals surface area contributed by atoms with E-state index in [-0.39, 0.29) is 0 Å². The number of pyridine rings is 1. The van der Waals surface area contributed by atoms with Crippen LogP contribution in [0.4, 0.5) is 5.69 Å². The lowest BCUT2D eigenvalue weighted by molar-refractivity contribution is -0.136. The zero-order chi connectivity index (χ0) is 16.7. The molecule has 7 heteroatoms.